The lowest BCUT2D eigenvalue weighted by atomic mass is 10.1. The van der Waals surface area contributed by atoms with Gasteiger partial charge >= 0.3 is 5.69 Å². The fraction of sp³-hybridized carbons (Fsp3) is 0.250. The Kier molecular flexibility index (Phi) is 4.55. The summed E-state index contributed by atoms with van der Waals surface area (Å²) in [5.41, 5.74) is 2.03. The predicted molar refractivity (Wildman–Crippen MR) is 114 cm³/mol. The van der Waals surface area contributed by atoms with Gasteiger partial charge in [0.15, 0.2) is 19.0 Å². The van der Waals surface area contributed by atoms with Gasteiger partial charge in [0.05, 0.1) is 24.3 Å². The normalized spacial score (nSPS) is 11.0. The highest BCUT2D eigenvalue weighted by molar-refractivity contribution is 6.30. The molecule has 0 spiro atoms. The molecule has 0 N–H and O–H groups in total. The molecule has 0 radical (unpaired) electrons. The number of aryl methyl sites for hydroxylation is 2. The van der Waals surface area contributed by atoms with Crippen LogP contribution in [0.15, 0.2) is 33.9 Å². The number of para-hydroxylation sites is 1. The van der Waals surface area contributed by atoms with Gasteiger partial charge in [-0.25, -0.2) is 19.7 Å². The van der Waals surface area contributed by atoms with Gasteiger partial charge in [0.2, 0.25) is 0 Å². The molecule has 0 amide bonds. The second-order valence-corrected chi connectivity index (χ2v) is 6.82. The average molecular weight is 386 g/mol. The van der Waals surface area contributed by atoms with Gasteiger partial charge in [0.1, 0.15) is 5.82 Å². The molecule has 0 bridgehead atoms. The van der Waals surface area contributed by atoms with Crippen molar-refractivity contribution in [3.05, 3.63) is 56.6 Å². The van der Waals surface area contributed by atoms with Gasteiger partial charge in [0.25, 0.3) is 5.56 Å². The fourth-order valence-electron chi connectivity index (χ4n) is 3.48. The van der Waals surface area contributed by atoms with Gasteiger partial charge in [-0.3, -0.25) is 13.9 Å². The van der Waals surface area contributed by atoms with Crippen molar-refractivity contribution in [1.82, 2.24) is 28.7 Å². The van der Waals surface area contributed by atoms with Crippen molar-refractivity contribution in [3.63, 3.8) is 0 Å². The van der Waals surface area contributed by atoms with E-state index in [4.69, 9.17) is 0 Å². The Balaban J connectivity index is 1.93. The third-order valence-corrected chi connectivity index (χ3v) is 4.98. The van der Waals surface area contributed by atoms with Gasteiger partial charge in [-0.15, -0.1) is 5.92 Å². The smallest absolute Gasteiger partial charge is 0.319 e. The molecule has 0 saturated carbocycles. The summed E-state index contributed by atoms with van der Waals surface area (Å²) in [5, 5.41) is 0.943. The van der Waals surface area contributed by atoms with Crippen molar-refractivity contribution in [2.24, 2.45) is 7.05 Å². The average Bonchev–Trinajstić information content (AvgIpc) is 3.04. The SMILES string of the molecule is Bc1nc2c(c(=O)n(Cc3nc(C)c4ccccc4n3)c(=O)n2C)n1CC#CC. The standard InChI is InChI=1S/C20H19BN6O2/c1-4-5-10-26-16-17(24-19(26)21)25(3)20(29)27(18(16)28)11-15-22-12(2)13-8-6-7-9-14(13)23-15/h6-9H,10-11,21H2,1-3H3. The summed E-state index contributed by atoms with van der Waals surface area (Å²) in [6.45, 7) is 3.94. The Hall–Kier alpha value is -3.67. The van der Waals surface area contributed by atoms with Gasteiger partial charge in [-0.2, -0.15) is 0 Å². The number of imidazole rings is 1. The third kappa shape index (κ3) is 3.03. The molecule has 4 aromatic rings. The summed E-state index contributed by atoms with van der Waals surface area (Å²) in [5.74, 6) is 6.19. The Morgan fingerprint density at radius 1 is 1.10 bits per heavy atom. The summed E-state index contributed by atoms with van der Waals surface area (Å²) in [4.78, 5) is 39.6. The van der Waals surface area contributed by atoms with E-state index in [2.05, 4.69) is 26.8 Å². The maximum Gasteiger partial charge on any atom is 0.332 e. The molecule has 8 nitrogen and oxygen atoms in total. The van der Waals surface area contributed by atoms with E-state index in [0.29, 0.717) is 29.3 Å². The van der Waals surface area contributed by atoms with Crippen molar-refractivity contribution in [1.29, 1.82) is 0 Å². The topological polar surface area (TPSA) is 87.6 Å². The second-order valence-electron chi connectivity index (χ2n) is 6.82. The van der Waals surface area contributed by atoms with E-state index in [0.717, 1.165) is 21.2 Å². The Morgan fingerprint density at radius 2 is 1.86 bits per heavy atom. The monoisotopic (exact) mass is 386 g/mol. The van der Waals surface area contributed by atoms with Crippen LogP contribution in [0.3, 0.4) is 0 Å². The molecule has 0 unspecified atom stereocenters. The zero-order valence-corrected chi connectivity index (χ0v) is 16.7. The summed E-state index contributed by atoms with van der Waals surface area (Å²) >= 11 is 0. The van der Waals surface area contributed by atoms with Crippen molar-refractivity contribution in [3.8, 4) is 11.8 Å². The highest BCUT2D eigenvalue weighted by atomic mass is 16.2. The lowest BCUT2D eigenvalue weighted by Gasteiger charge is -2.10. The summed E-state index contributed by atoms with van der Waals surface area (Å²) in [6, 6.07) is 7.66. The minimum Gasteiger partial charge on any atom is -0.319 e. The summed E-state index contributed by atoms with van der Waals surface area (Å²) in [6.07, 6.45) is 0. The zero-order valence-electron chi connectivity index (χ0n) is 16.7. The van der Waals surface area contributed by atoms with Crippen molar-refractivity contribution < 1.29 is 0 Å². The lowest BCUT2D eigenvalue weighted by Crippen LogP contribution is -2.40. The predicted octanol–water partition coefficient (Wildman–Crippen LogP) is -0.522. The van der Waals surface area contributed by atoms with Crippen molar-refractivity contribution in [2.75, 3.05) is 0 Å². The van der Waals surface area contributed by atoms with E-state index in [1.165, 1.54) is 4.57 Å². The minimum atomic E-state index is -0.455. The van der Waals surface area contributed by atoms with Crippen LogP contribution in [-0.4, -0.2) is 36.5 Å². The fourth-order valence-corrected chi connectivity index (χ4v) is 3.48. The van der Waals surface area contributed by atoms with Crippen LogP contribution in [0.4, 0.5) is 0 Å². The minimum absolute atomic E-state index is 0.0171. The molecule has 29 heavy (non-hydrogen) atoms. The number of hydrogen-bond donors (Lipinski definition) is 0. The first-order chi connectivity index (χ1) is 13.9. The van der Waals surface area contributed by atoms with Crippen molar-refractivity contribution >= 4 is 35.6 Å². The first-order valence-electron chi connectivity index (χ1n) is 9.21. The molecule has 0 aliphatic rings. The Labute approximate surface area is 167 Å². The molecular formula is C20H19BN6O2. The largest absolute Gasteiger partial charge is 0.332 e. The molecule has 1 aromatic carbocycles. The summed E-state index contributed by atoms with van der Waals surface area (Å²) < 4.78 is 4.27. The summed E-state index contributed by atoms with van der Waals surface area (Å²) in [7, 11) is 3.40. The van der Waals surface area contributed by atoms with E-state index < -0.39 is 11.2 Å². The maximum absolute atomic E-state index is 13.2. The van der Waals surface area contributed by atoms with Gasteiger partial charge in [0, 0.05) is 18.1 Å². The number of fused-ring (bicyclic) bond motifs is 2. The zero-order chi connectivity index (χ0) is 20.7. The molecule has 3 aromatic heterocycles. The van der Waals surface area contributed by atoms with Crippen LogP contribution >= 0.6 is 0 Å². The lowest BCUT2D eigenvalue weighted by molar-refractivity contribution is 0.633. The van der Waals surface area contributed by atoms with Gasteiger partial charge in [-0.1, -0.05) is 24.1 Å². The van der Waals surface area contributed by atoms with Crippen LogP contribution < -0.4 is 17.0 Å². The Morgan fingerprint density at radius 3 is 2.62 bits per heavy atom. The molecule has 4 rings (SSSR count). The Bertz CT molecular complexity index is 1450. The maximum atomic E-state index is 13.2. The van der Waals surface area contributed by atoms with Crippen LogP contribution in [0.2, 0.25) is 0 Å². The van der Waals surface area contributed by atoms with E-state index in [9.17, 15) is 9.59 Å². The molecule has 0 aliphatic heterocycles. The number of nitrogens with zero attached hydrogens (tertiary/aromatic N) is 6. The number of aromatic nitrogens is 6. The molecule has 3 heterocycles. The first kappa shape index (κ1) is 18.7. The third-order valence-electron chi connectivity index (χ3n) is 4.98. The molecule has 0 aliphatic carbocycles. The van der Waals surface area contributed by atoms with Crippen LogP contribution in [0, 0.1) is 18.8 Å². The molecule has 0 atom stereocenters. The van der Waals surface area contributed by atoms with Crippen molar-refractivity contribution in [2.45, 2.75) is 26.9 Å². The van der Waals surface area contributed by atoms with Crippen LogP contribution in [0.25, 0.3) is 22.1 Å². The highest BCUT2D eigenvalue weighted by Crippen LogP contribution is 2.14. The highest BCUT2D eigenvalue weighted by Gasteiger charge is 2.19. The first-order valence-corrected chi connectivity index (χ1v) is 9.21. The van der Waals surface area contributed by atoms with Gasteiger partial charge in [-0.05, 0) is 19.9 Å². The van der Waals surface area contributed by atoms with E-state index in [1.807, 2.05) is 31.2 Å². The molecule has 0 saturated heterocycles. The number of rotatable bonds is 3. The number of benzene rings is 1. The molecule has 144 valence electrons. The quantitative estimate of drug-likeness (QED) is 0.349. The molecule has 9 heteroatoms. The van der Waals surface area contributed by atoms with E-state index in [1.54, 1.807) is 26.4 Å². The van der Waals surface area contributed by atoms with E-state index in [-0.39, 0.29) is 6.54 Å². The van der Waals surface area contributed by atoms with Gasteiger partial charge < -0.3 is 4.57 Å². The number of hydrogen-bond acceptors (Lipinski definition) is 5. The van der Waals surface area contributed by atoms with Crippen LogP contribution in [-0.2, 0) is 20.1 Å². The molecular weight excluding hydrogens is 367 g/mol. The van der Waals surface area contributed by atoms with Crippen LogP contribution in [0.5, 0.6) is 0 Å². The molecule has 0 fully saturated rings. The van der Waals surface area contributed by atoms with Crippen LogP contribution in [0.1, 0.15) is 18.4 Å². The second kappa shape index (κ2) is 7.06. The van der Waals surface area contributed by atoms with E-state index >= 15 is 0 Å².